The predicted octanol–water partition coefficient (Wildman–Crippen LogP) is 2.11. The largest absolute Gasteiger partial charge is 0.482 e. The maximum atomic E-state index is 12.5. The first-order chi connectivity index (χ1) is 13.3. The first-order valence-electron chi connectivity index (χ1n) is 8.92. The summed E-state index contributed by atoms with van der Waals surface area (Å²) in [5, 5.41) is 1.05. The van der Waals surface area contributed by atoms with Crippen LogP contribution >= 0.6 is 11.6 Å². The second-order valence-corrected chi connectivity index (χ2v) is 7.38. The lowest BCUT2D eigenvalue weighted by atomic mass is 10.1. The Kier molecular flexibility index (Phi) is 4.66. The van der Waals surface area contributed by atoms with Crippen molar-refractivity contribution in [1.82, 2.24) is 9.80 Å². The zero-order valence-electron chi connectivity index (χ0n) is 15.5. The highest BCUT2D eigenvalue weighted by Crippen LogP contribution is 2.32. The van der Waals surface area contributed by atoms with Gasteiger partial charge in [-0.25, -0.2) is 9.59 Å². The van der Waals surface area contributed by atoms with E-state index in [9.17, 15) is 14.4 Å². The summed E-state index contributed by atoms with van der Waals surface area (Å²) in [5.74, 6) is 0.0589. The average Bonchev–Trinajstić information content (AvgIpc) is 3.05. The molecular weight excluding hydrogens is 388 g/mol. The number of carbonyl (C=O) groups excluding carboxylic acids is 2. The number of aryl methyl sites for hydroxylation is 1. The SMILES string of the molecule is Cc1c(C)c2cc(Cl)c(OCC(=O)N3CCN4C(=O)OCC4C3)cc2oc1=O. The van der Waals surface area contributed by atoms with Gasteiger partial charge in [0.25, 0.3) is 5.91 Å². The van der Waals surface area contributed by atoms with Crippen molar-refractivity contribution in [1.29, 1.82) is 0 Å². The van der Waals surface area contributed by atoms with E-state index in [0.29, 0.717) is 35.8 Å². The molecule has 2 aromatic rings. The molecule has 0 saturated carbocycles. The van der Waals surface area contributed by atoms with E-state index in [-0.39, 0.29) is 37.0 Å². The Morgan fingerprint density at radius 2 is 2.04 bits per heavy atom. The third kappa shape index (κ3) is 3.17. The molecule has 28 heavy (non-hydrogen) atoms. The summed E-state index contributed by atoms with van der Waals surface area (Å²) in [6.07, 6.45) is -0.330. The number of halogens is 1. The van der Waals surface area contributed by atoms with Crippen LogP contribution in [0, 0.1) is 13.8 Å². The number of cyclic esters (lactones) is 1. The Morgan fingerprint density at radius 3 is 2.82 bits per heavy atom. The highest BCUT2D eigenvalue weighted by atomic mass is 35.5. The lowest BCUT2D eigenvalue weighted by Gasteiger charge is -2.35. The van der Waals surface area contributed by atoms with Gasteiger partial charge in [0.15, 0.2) is 6.61 Å². The molecule has 0 bridgehead atoms. The zero-order valence-corrected chi connectivity index (χ0v) is 16.2. The molecule has 1 atom stereocenters. The first-order valence-corrected chi connectivity index (χ1v) is 9.30. The Bertz CT molecular complexity index is 1030. The molecule has 148 valence electrons. The Labute approximate surface area is 165 Å². The molecule has 4 rings (SSSR count). The summed E-state index contributed by atoms with van der Waals surface area (Å²) < 4.78 is 15.9. The van der Waals surface area contributed by atoms with Crippen molar-refractivity contribution in [3.8, 4) is 5.75 Å². The van der Waals surface area contributed by atoms with Gasteiger partial charge >= 0.3 is 11.7 Å². The number of carbonyl (C=O) groups is 2. The molecule has 9 heteroatoms. The van der Waals surface area contributed by atoms with Crippen LogP contribution in [0.5, 0.6) is 5.75 Å². The van der Waals surface area contributed by atoms with Crippen molar-refractivity contribution in [3.05, 3.63) is 38.7 Å². The van der Waals surface area contributed by atoms with E-state index in [1.54, 1.807) is 22.8 Å². The molecule has 0 spiro atoms. The average molecular weight is 407 g/mol. The molecule has 8 nitrogen and oxygen atoms in total. The zero-order chi connectivity index (χ0) is 20.0. The van der Waals surface area contributed by atoms with Crippen molar-refractivity contribution < 1.29 is 23.5 Å². The van der Waals surface area contributed by atoms with E-state index in [2.05, 4.69) is 0 Å². The standard InChI is InChI=1S/C19H19ClN2O6/c1-10-11(2)18(24)28-15-6-16(14(20)5-13(10)15)26-9-17(23)21-3-4-22-12(7-21)8-27-19(22)25/h5-6,12H,3-4,7-9H2,1-2H3. The fourth-order valence-electron chi connectivity index (χ4n) is 3.50. The van der Waals surface area contributed by atoms with E-state index >= 15 is 0 Å². The Hall–Kier alpha value is -2.74. The smallest absolute Gasteiger partial charge is 0.410 e. The summed E-state index contributed by atoms with van der Waals surface area (Å²) >= 11 is 6.30. The number of ether oxygens (including phenoxy) is 2. The van der Waals surface area contributed by atoms with Gasteiger partial charge < -0.3 is 18.8 Å². The fraction of sp³-hybridized carbons (Fsp3) is 0.421. The van der Waals surface area contributed by atoms with Crippen molar-refractivity contribution in [3.63, 3.8) is 0 Å². The third-order valence-corrected chi connectivity index (χ3v) is 5.63. The first kappa shape index (κ1) is 18.6. The number of amides is 2. The number of hydrogen-bond acceptors (Lipinski definition) is 6. The van der Waals surface area contributed by atoms with Gasteiger partial charge in [-0.15, -0.1) is 0 Å². The van der Waals surface area contributed by atoms with Crippen LogP contribution in [-0.4, -0.2) is 60.7 Å². The fourth-order valence-corrected chi connectivity index (χ4v) is 3.72. The quantitative estimate of drug-likeness (QED) is 0.725. The minimum atomic E-state index is -0.416. The second-order valence-electron chi connectivity index (χ2n) is 6.97. The molecule has 2 amide bonds. The summed E-state index contributed by atoms with van der Waals surface area (Å²) in [4.78, 5) is 39.2. The molecule has 0 aliphatic carbocycles. The van der Waals surface area contributed by atoms with Gasteiger partial charge in [0.1, 0.15) is 17.9 Å². The van der Waals surface area contributed by atoms with E-state index in [1.807, 2.05) is 6.92 Å². The minimum absolute atomic E-state index is 0.116. The lowest BCUT2D eigenvalue weighted by molar-refractivity contribution is -0.135. The minimum Gasteiger partial charge on any atom is -0.482 e. The number of piperazine rings is 1. The second kappa shape index (κ2) is 7.01. The number of fused-ring (bicyclic) bond motifs is 2. The van der Waals surface area contributed by atoms with Crippen LogP contribution in [-0.2, 0) is 9.53 Å². The normalized spacial score (nSPS) is 19.0. The number of benzene rings is 1. The molecule has 0 radical (unpaired) electrons. The van der Waals surface area contributed by atoms with Gasteiger partial charge in [-0.3, -0.25) is 9.69 Å². The number of rotatable bonds is 3. The molecule has 0 N–H and O–H groups in total. The third-order valence-electron chi connectivity index (χ3n) is 5.33. The van der Waals surface area contributed by atoms with Gasteiger partial charge in [-0.05, 0) is 25.5 Å². The topological polar surface area (TPSA) is 89.3 Å². The molecule has 1 aromatic carbocycles. The van der Waals surface area contributed by atoms with Crippen molar-refractivity contribution in [2.75, 3.05) is 32.8 Å². The van der Waals surface area contributed by atoms with Gasteiger partial charge in [-0.2, -0.15) is 0 Å². The van der Waals surface area contributed by atoms with Crippen LogP contribution in [0.1, 0.15) is 11.1 Å². The summed E-state index contributed by atoms with van der Waals surface area (Å²) in [7, 11) is 0. The van der Waals surface area contributed by atoms with E-state index < -0.39 is 5.63 Å². The van der Waals surface area contributed by atoms with Crippen LogP contribution in [0.3, 0.4) is 0 Å². The summed E-state index contributed by atoms with van der Waals surface area (Å²) in [5.41, 5.74) is 1.26. The molecule has 2 aliphatic rings. The highest BCUT2D eigenvalue weighted by molar-refractivity contribution is 6.32. The van der Waals surface area contributed by atoms with Crippen LogP contribution < -0.4 is 10.4 Å². The van der Waals surface area contributed by atoms with E-state index in [1.165, 1.54) is 6.07 Å². The summed E-state index contributed by atoms with van der Waals surface area (Å²) in [6.45, 7) is 4.88. The molecule has 2 aliphatic heterocycles. The molecule has 1 unspecified atom stereocenters. The van der Waals surface area contributed by atoms with Crippen LogP contribution in [0.4, 0.5) is 4.79 Å². The number of nitrogens with zero attached hydrogens (tertiary/aromatic N) is 2. The van der Waals surface area contributed by atoms with Gasteiger partial charge in [-0.1, -0.05) is 11.6 Å². The summed E-state index contributed by atoms with van der Waals surface area (Å²) in [6, 6.07) is 3.08. The van der Waals surface area contributed by atoms with Crippen LogP contribution in [0.25, 0.3) is 11.0 Å². The maximum absolute atomic E-state index is 12.5. The Morgan fingerprint density at radius 1 is 1.25 bits per heavy atom. The Balaban J connectivity index is 1.47. The van der Waals surface area contributed by atoms with Gasteiger partial charge in [0, 0.05) is 36.7 Å². The molecule has 1 aromatic heterocycles. The maximum Gasteiger partial charge on any atom is 0.410 e. The van der Waals surface area contributed by atoms with Crippen molar-refractivity contribution in [2.45, 2.75) is 19.9 Å². The number of hydrogen-bond donors (Lipinski definition) is 0. The molecular formula is C19H19ClN2O6. The molecule has 2 saturated heterocycles. The van der Waals surface area contributed by atoms with Crippen LogP contribution in [0.2, 0.25) is 5.02 Å². The van der Waals surface area contributed by atoms with Crippen molar-refractivity contribution in [2.24, 2.45) is 0 Å². The molecule has 3 heterocycles. The van der Waals surface area contributed by atoms with Gasteiger partial charge in [0.05, 0.1) is 11.1 Å². The predicted molar refractivity (Wildman–Crippen MR) is 101 cm³/mol. The monoisotopic (exact) mass is 406 g/mol. The van der Waals surface area contributed by atoms with E-state index in [4.69, 9.17) is 25.5 Å². The highest BCUT2D eigenvalue weighted by Gasteiger charge is 2.38. The lowest BCUT2D eigenvalue weighted by Crippen LogP contribution is -2.54. The van der Waals surface area contributed by atoms with E-state index in [0.717, 1.165) is 10.9 Å². The van der Waals surface area contributed by atoms with Gasteiger partial charge in [0.2, 0.25) is 0 Å². The van der Waals surface area contributed by atoms with Crippen LogP contribution in [0.15, 0.2) is 21.3 Å². The molecule has 2 fully saturated rings. The van der Waals surface area contributed by atoms with Crippen molar-refractivity contribution >= 4 is 34.6 Å².